The van der Waals surface area contributed by atoms with Crippen molar-refractivity contribution in [1.82, 2.24) is 0 Å². The molecule has 1 heteroatoms. The van der Waals surface area contributed by atoms with Gasteiger partial charge in [0.05, 0.1) is 6.61 Å². The minimum Gasteiger partial charge on any atom is -0.494 e. The van der Waals surface area contributed by atoms with Crippen LogP contribution >= 0.6 is 0 Å². The molecule has 0 aliphatic carbocycles. The van der Waals surface area contributed by atoms with Gasteiger partial charge in [-0.2, -0.15) is 0 Å². The molecule has 0 aliphatic heterocycles. The van der Waals surface area contributed by atoms with Crippen LogP contribution in [-0.2, 0) is 12.8 Å². The summed E-state index contributed by atoms with van der Waals surface area (Å²) < 4.78 is 5.53. The van der Waals surface area contributed by atoms with Gasteiger partial charge in [0.1, 0.15) is 5.75 Å². The van der Waals surface area contributed by atoms with Gasteiger partial charge in [0.25, 0.3) is 0 Å². The summed E-state index contributed by atoms with van der Waals surface area (Å²) in [5.74, 6) is 7.43. The van der Waals surface area contributed by atoms with E-state index in [1.807, 2.05) is 6.92 Å². The largest absolute Gasteiger partial charge is 0.494 e. The summed E-state index contributed by atoms with van der Waals surface area (Å²) in [5, 5.41) is 0. The molecule has 1 rings (SSSR count). The predicted octanol–water partition coefficient (Wildman–Crippen LogP) is 4.38. The second-order valence-corrected chi connectivity index (χ2v) is 4.32. The van der Waals surface area contributed by atoms with Crippen LogP contribution in [0, 0.1) is 11.8 Å². The van der Waals surface area contributed by atoms with E-state index in [1.165, 1.54) is 11.1 Å². The first-order valence-corrected chi connectivity index (χ1v) is 7.02. The Bertz CT molecular complexity index is 409. The minimum atomic E-state index is 0.727. The molecule has 0 N–H and O–H groups in total. The van der Waals surface area contributed by atoms with Crippen LogP contribution in [0.2, 0.25) is 0 Å². The van der Waals surface area contributed by atoms with Crippen LogP contribution in [0.3, 0.4) is 0 Å². The van der Waals surface area contributed by atoms with Crippen molar-refractivity contribution in [2.24, 2.45) is 0 Å². The summed E-state index contributed by atoms with van der Waals surface area (Å²) in [5.41, 5.74) is 2.80. The fourth-order valence-corrected chi connectivity index (χ4v) is 1.93. The van der Waals surface area contributed by atoms with Crippen LogP contribution in [-0.4, -0.2) is 6.61 Å². The molecule has 0 unspecified atom stereocenters. The van der Waals surface area contributed by atoms with Crippen LogP contribution < -0.4 is 4.74 Å². The van der Waals surface area contributed by atoms with Gasteiger partial charge in [-0.3, -0.25) is 0 Å². The number of hydrogen-bond donors (Lipinski definition) is 0. The Balaban J connectivity index is 2.62. The van der Waals surface area contributed by atoms with Crippen LogP contribution in [0.25, 0.3) is 0 Å². The average molecular weight is 244 g/mol. The van der Waals surface area contributed by atoms with Crippen molar-refractivity contribution in [3.05, 3.63) is 29.3 Å². The molecular weight excluding hydrogens is 220 g/mol. The van der Waals surface area contributed by atoms with Gasteiger partial charge in [-0.05, 0) is 49.4 Å². The number of benzene rings is 1. The first kappa shape index (κ1) is 14.6. The van der Waals surface area contributed by atoms with Gasteiger partial charge in [0.15, 0.2) is 0 Å². The van der Waals surface area contributed by atoms with Gasteiger partial charge in [0, 0.05) is 12.8 Å². The molecule has 0 spiro atoms. The lowest BCUT2D eigenvalue weighted by atomic mass is 10.0. The van der Waals surface area contributed by atoms with E-state index in [1.54, 1.807) is 0 Å². The Kier molecular flexibility index (Phi) is 7.03. The maximum atomic E-state index is 5.53. The summed E-state index contributed by atoms with van der Waals surface area (Å²) in [6.45, 7) is 7.10. The lowest BCUT2D eigenvalue weighted by Gasteiger charge is -2.09. The third-order valence-electron chi connectivity index (χ3n) is 2.89. The van der Waals surface area contributed by atoms with E-state index >= 15 is 0 Å². The van der Waals surface area contributed by atoms with Crippen molar-refractivity contribution in [1.29, 1.82) is 0 Å². The molecule has 0 aromatic heterocycles. The summed E-state index contributed by atoms with van der Waals surface area (Å²) >= 11 is 0. The van der Waals surface area contributed by atoms with E-state index in [4.69, 9.17) is 4.74 Å². The second kappa shape index (κ2) is 8.64. The molecule has 0 atom stereocenters. The van der Waals surface area contributed by atoms with Crippen LogP contribution in [0.1, 0.15) is 51.2 Å². The molecule has 0 radical (unpaired) electrons. The van der Waals surface area contributed by atoms with Crippen molar-refractivity contribution >= 4 is 0 Å². The van der Waals surface area contributed by atoms with Gasteiger partial charge in [0.2, 0.25) is 0 Å². The van der Waals surface area contributed by atoms with Crippen molar-refractivity contribution in [3.8, 4) is 17.6 Å². The monoisotopic (exact) mass is 244 g/mol. The zero-order chi connectivity index (χ0) is 13.2. The smallest absolute Gasteiger partial charge is 0.119 e. The zero-order valence-corrected chi connectivity index (χ0v) is 11.9. The molecule has 0 heterocycles. The highest BCUT2D eigenvalue weighted by atomic mass is 16.5. The Morgan fingerprint density at radius 1 is 1.00 bits per heavy atom. The van der Waals surface area contributed by atoms with E-state index in [0.717, 1.165) is 44.5 Å². The molecule has 0 aliphatic rings. The van der Waals surface area contributed by atoms with E-state index in [0.29, 0.717) is 0 Å². The van der Waals surface area contributed by atoms with Gasteiger partial charge >= 0.3 is 0 Å². The van der Waals surface area contributed by atoms with E-state index in [2.05, 4.69) is 43.9 Å². The van der Waals surface area contributed by atoms with Gasteiger partial charge in [-0.1, -0.05) is 19.9 Å². The third kappa shape index (κ3) is 4.84. The highest BCUT2D eigenvalue weighted by Crippen LogP contribution is 2.19. The van der Waals surface area contributed by atoms with Gasteiger partial charge < -0.3 is 4.74 Å². The molecule has 98 valence electrons. The minimum absolute atomic E-state index is 0.727. The van der Waals surface area contributed by atoms with Crippen molar-refractivity contribution in [2.45, 2.75) is 52.9 Å². The first-order chi connectivity index (χ1) is 8.81. The van der Waals surface area contributed by atoms with Crippen LogP contribution in [0.15, 0.2) is 18.2 Å². The maximum Gasteiger partial charge on any atom is 0.119 e. The van der Waals surface area contributed by atoms with Crippen molar-refractivity contribution in [2.75, 3.05) is 6.61 Å². The summed E-state index contributed by atoms with van der Waals surface area (Å²) in [6, 6.07) is 6.42. The first-order valence-electron chi connectivity index (χ1n) is 7.02. The molecule has 0 saturated heterocycles. The Hall–Kier alpha value is -1.42. The quantitative estimate of drug-likeness (QED) is 0.675. The van der Waals surface area contributed by atoms with Crippen LogP contribution in [0.5, 0.6) is 5.75 Å². The Labute approximate surface area is 112 Å². The number of ether oxygens (including phenoxy) is 1. The lowest BCUT2D eigenvalue weighted by molar-refractivity contribution is 0.340. The normalized spacial score (nSPS) is 9.72. The lowest BCUT2D eigenvalue weighted by Crippen LogP contribution is -1.96. The van der Waals surface area contributed by atoms with E-state index < -0.39 is 0 Å². The molecule has 18 heavy (non-hydrogen) atoms. The fourth-order valence-electron chi connectivity index (χ4n) is 1.93. The third-order valence-corrected chi connectivity index (χ3v) is 2.89. The van der Waals surface area contributed by atoms with Crippen molar-refractivity contribution < 1.29 is 4.74 Å². The topological polar surface area (TPSA) is 9.23 Å². The standard InChI is InChI=1S/C17H24O/c1-4-7-8-9-10-11-16-12-13-17(18-6-3)14-15(16)5-2/h12-14H,4-7,10-11H2,1-3H3. The number of hydrogen-bond acceptors (Lipinski definition) is 1. The van der Waals surface area contributed by atoms with Gasteiger partial charge in [-0.15, -0.1) is 11.8 Å². The second-order valence-electron chi connectivity index (χ2n) is 4.32. The Morgan fingerprint density at radius 2 is 1.78 bits per heavy atom. The molecule has 1 aromatic carbocycles. The van der Waals surface area contributed by atoms with E-state index in [9.17, 15) is 0 Å². The summed E-state index contributed by atoms with van der Waals surface area (Å²) in [6.07, 6.45) is 5.23. The molecule has 0 amide bonds. The molecule has 0 fully saturated rings. The fraction of sp³-hybridized carbons (Fsp3) is 0.529. The molecule has 1 nitrogen and oxygen atoms in total. The predicted molar refractivity (Wildman–Crippen MR) is 78.0 cm³/mol. The number of aryl methyl sites for hydroxylation is 2. The number of rotatable bonds is 6. The van der Waals surface area contributed by atoms with Gasteiger partial charge in [-0.25, -0.2) is 0 Å². The maximum absolute atomic E-state index is 5.53. The highest BCUT2D eigenvalue weighted by Gasteiger charge is 2.02. The number of unbranched alkanes of at least 4 members (excludes halogenated alkanes) is 1. The molecular formula is C17H24O. The van der Waals surface area contributed by atoms with Crippen LogP contribution in [0.4, 0.5) is 0 Å². The Morgan fingerprint density at radius 3 is 2.44 bits per heavy atom. The van der Waals surface area contributed by atoms with Crippen molar-refractivity contribution in [3.63, 3.8) is 0 Å². The average Bonchev–Trinajstić information content (AvgIpc) is 2.40. The summed E-state index contributed by atoms with van der Waals surface area (Å²) in [7, 11) is 0. The SMILES string of the molecule is CCCC#CCCc1ccc(OCC)cc1CC. The zero-order valence-electron chi connectivity index (χ0n) is 11.9. The highest BCUT2D eigenvalue weighted by molar-refractivity contribution is 5.36. The van der Waals surface area contributed by atoms with E-state index in [-0.39, 0.29) is 0 Å². The molecule has 0 saturated carbocycles. The molecule has 0 bridgehead atoms. The summed E-state index contributed by atoms with van der Waals surface area (Å²) in [4.78, 5) is 0. The molecule has 1 aromatic rings.